The average molecular weight is 373 g/mol. The quantitative estimate of drug-likeness (QED) is 0.585. The molecule has 136 valence electrons. The van der Waals surface area contributed by atoms with Crippen LogP contribution in [0.5, 0.6) is 5.75 Å². The monoisotopic (exact) mass is 373 g/mol. The number of aliphatic carboxylic acids is 1. The van der Waals surface area contributed by atoms with Gasteiger partial charge in [0.25, 0.3) is 0 Å². The molecular formula is C18H19N3O4S. The average Bonchev–Trinajstić information content (AvgIpc) is 3.05. The molecule has 1 aromatic carbocycles. The number of nitrogens with zero attached hydrogens (tertiary/aromatic N) is 2. The fraction of sp³-hybridized carbons (Fsp3) is 0.278. The molecule has 2 unspecified atom stereocenters. The second-order valence-corrected chi connectivity index (χ2v) is 6.57. The van der Waals surface area contributed by atoms with E-state index in [1.165, 1.54) is 24.6 Å². The summed E-state index contributed by atoms with van der Waals surface area (Å²) in [6.07, 6.45) is 0.300. The Hall–Kier alpha value is -2.71. The number of aromatic nitrogens is 2. The van der Waals surface area contributed by atoms with E-state index in [9.17, 15) is 15.0 Å². The first-order valence-corrected chi connectivity index (χ1v) is 9.02. The Morgan fingerprint density at radius 1 is 1.31 bits per heavy atom. The molecule has 0 aliphatic carbocycles. The highest BCUT2D eigenvalue weighted by atomic mass is 32.1. The number of hydrogen-bond donors (Lipinski definition) is 3. The van der Waals surface area contributed by atoms with Gasteiger partial charge in [-0.15, -0.1) is 11.3 Å². The SMILES string of the molecule is CCOc1ccc(-c2csc3ncnc(NC(C(=O)O)C(C)O)c23)cc1. The lowest BCUT2D eigenvalue weighted by molar-refractivity contribution is -0.140. The third-order valence-electron chi connectivity index (χ3n) is 3.89. The summed E-state index contributed by atoms with van der Waals surface area (Å²) in [4.78, 5) is 20.6. The van der Waals surface area contributed by atoms with E-state index in [0.29, 0.717) is 12.4 Å². The van der Waals surface area contributed by atoms with E-state index in [2.05, 4.69) is 15.3 Å². The van der Waals surface area contributed by atoms with Gasteiger partial charge in [-0.1, -0.05) is 12.1 Å². The van der Waals surface area contributed by atoms with Crippen molar-refractivity contribution in [2.45, 2.75) is 26.0 Å². The maximum atomic E-state index is 11.4. The standard InChI is InChI=1S/C18H19N3O4S/c1-3-25-12-6-4-11(5-7-12)13-8-26-17-14(13)16(19-9-20-17)21-15(10(2)22)18(23)24/h4-10,15,22H,3H2,1-2H3,(H,23,24)(H,19,20,21). The van der Waals surface area contributed by atoms with Crippen LogP contribution >= 0.6 is 11.3 Å². The number of rotatable bonds is 7. The Labute approximate surface area is 154 Å². The van der Waals surface area contributed by atoms with Gasteiger partial charge in [-0.25, -0.2) is 14.8 Å². The van der Waals surface area contributed by atoms with Crippen LogP contribution in [-0.4, -0.2) is 44.9 Å². The lowest BCUT2D eigenvalue weighted by Crippen LogP contribution is -2.39. The van der Waals surface area contributed by atoms with Gasteiger partial charge in [-0.2, -0.15) is 0 Å². The predicted octanol–water partition coefficient (Wildman–Crippen LogP) is 3.00. The number of anilines is 1. The highest BCUT2D eigenvalue weighted by Crippen LogP contribution is 2.37. The van der Waals surface area contributed by atoms with Crippen molar-refractivity contribution in [2.24, 2.45) is 0 Å². The number of thiophene rings is 1. The van der Waals surface area contributed by atoms with Crippen LogP contribution in [0.4, 0.5) is 5.82 Å². The summed E-state index contributed by atoms with van der Waals surface area (Å²) in [5.74, 6) is 0.0171. The first-order chi connectivity index (χ1) is 12.5. The van der Waals surface area contributed by atoms with Gasteiger partial charge in [0.15, 0.2) is 6.04 Å². The minimum absolute atomic E-state index is 0.383. The molecule has 0 saturated carbocycles. The van der Waals surface area contributed by atoms with Crippen LogP contribution in [0.3, 0.4) is 0 Å². The van der Waals surface area contributed by atoms with Gasteiger partial charge in [0.2, 0.25) is 0 Å². The summed E-state index contributed by atoms with van der Waals surface area (Å²) in [6, 6.07) is 6.48. The highest BCUT2D eigenvalue weighted by Gasteiger charge is 2.25. The van der Waals surface area contributed by atoms with E-state index in [1.807, 2.05) is 36.6 Å². The molecule has 2 aromatic heterocycles. The summed E-state index contributed by atoms with van der Waals surface area (Å²) < 4.78 is 5.47. The topological polar surface area (TPSA) is 105 Å². The molecule has 0 bridgehead atoms. The first-order valence-electron chi connectivity index (χ1n) is 8.14. The zero-order chi connectivity index (χ0) is 18.7. The lowest BCUT2D eigenvalue weighted by Gasteiger charge is -2.18. The fourth-order valence-corrected chi connectivity index (χ4v) is 3.55. The Kier molecular flexibility index (Phi) is 5.34. The summed E-state index contributed by atoms with van der Waals surface area (Å²) in [6.45, 7) is 3.94. The zero-order valence-corrected chi connectivity index (χ0v) is 15.2. The molecule has 0 radical (unpaired) electrons. The van der Waals surface area contributed by atoms with Crippen molar-refractivity contribution in [3.63, 3.8) is 0 Å². The number of carboxylic acid groups (broad SMARTS) is 1. The molecule has 2 heterocycles. The van der Waals surface area contributed by atoms with Crippen LogP contribution in [-0.2, 0) is 4.79 Å². The van der Waals surface area contributed by atoms with Crippen LogP contribution in [0.25, 0.3) is 21.3 Å². The highest BCUT2D eigenvalue weighted by molar-refractivity contribution is 7.17. The minimum Gasteiger partial charge on any atom is -0.494 e. The second-order valence-electron chi connectivity index (χ2n) is 5.71. The number of nitrogens with one attached hydrogen (secondary N) is 1. The Balaban J connectivity index is 2.04. The maximum absolute atomic E-state index is 11.4. The number of hydrogen-bond acceptors (Lipinski definition) is 7. The van der Waals surface area contributed by atoms with Crippen molar-refractivity contribution < 1.29 is 19.7 Å². The lowest BCUT2D eigenvalue weighted by atomic mass is 10.1. The van der Waals surface area contributed by atoms with Gasteiger partial charge < -0.3 is 20.3 Å². The summed E-state index contributed by atoms with van der Waals surface area (Å²) in [7, 11) is 0. The van der Waals surface area contributed by atoms with Gasteiger partial charge in [0.05, 0.1) is 18.1 Å². The third-order valence-corrected chi connectivity index (χ3v) is 4.77. The van der Waals surface area contributed by atoms with Gasteiger partial charge >= 0.3 is 5.97 Å². The second kappa shape index (κ2) is 7.67. The van der Waals surface area contributed by atoms with E-state index in [1.54, 1.807) is 0 Å². The van der Waals surface area contributed by atoms with Crippen molar-refractivity contribution in [1.29, 1.82) is 0 Å². The fourth-order valence-electron chi connectivity index (χ4n) is 2.63. The molecule has 0 saturated heterocycles. The molecule has 0 aliphatic rings. The number of benzene rings is 1. The molecule has 3 aromatic rings. The summed E-state index contributed by atoms with van der Waals surface area (Å²) in [5.41, 5.74) is 1.84. The maximum Gasteiger partial charge on any atom is 0.328 e. The largest absolute Gasteiger partial charge is 0.494 e. The summed E-state index contributed by atoms with van der Waals surface area (Å²) in [5, 5.41) is 24.6. The molecular weight excluding hydrogens is 354 g/mol. The number of carbonyl (C=O) groups is 1. The molecule has 8 heteroatoms. The predicted molar refractivity (Wildman–Crippen MR) is 101 cm³/mol. The molecule has 3 rings (SSSR count). The molecule has 0 amide bonds. The van der Waals surface area contributed by atoms with Crippen LogP contribution in [0.1, 0.15) is 13.8 Å². The van der Waals surface area contributed by atoms with Crippen LogP contribution in [0.2, 0.25) is 0 Å². The zero-order valence-electron chi connectivity index (χ0n) is 14.3. The van der Waals surface area contributed by atoms with Crippen molar-refractivity contribution in [3.8, 4) is 16.9 Å². The van der Waals surface area contributed by atoms with E-state index in [4.69, 9.17) is 4.74 Å². The minimum atomic E-state index is -1.17. The number of fused-ring (bicyclic) bond motifs is 1. The van der Waals surface area contributed by atoms with Crippen molar-refractivity contribution in [1.82, 2.24) is 9.97 Å². The number of carboxylic acids is 1. The Morgan fingerprint density at radius 2 is 2.04 bits per heavy atom. The molecule has 7 nitrogen and oxygen atoms in total. The van der Waals surface area contributed by atoms with Crippen LogP contribution < -0.4 is 10.1 Å². The Morgan fingerprint density at radius 3 is 2.65 bits per heavy atom. The van der Waals surface area contributed by atoms with Gasteiger partial charge in [-0.05, 0) is 31.5 Å². The van der Waals surface area contributed by atoms with Crippen molar-refractivity contribution >= 4 is 33.3 Å². The molecule has 26 heavy (non-hydrogen) atoms. The molecule has 0 spiro atoms. The smallest absolute Gasteiger partial charge is 0.328 e. The van der Waals surface area contributed by atoms with Crippen LogP contribution in [0, 0.1) is 0 Å². The van der Waals surface area contributed by atoms with Crippen molar-refractivity contribution in [3.05, 3.63) is 36.0 Å². The molecule has 0 aliphatic heterocycles. The normalized spacial score (nSPS) is 13.3. The van der Waals surface area contributed by atoms with Gasteiger partial charge in [0.1, 0.15) is 22.7 Å². The first kappa shape index (κ1) is 18.1. The number of aliphatic hydroxyl groups excluding tert-OH is 1. The van der Waals surface area contributed by atoms with E-state index >= 15 is 0 Å². The number of ether oxygens (including phenoxy) is 1. The molecule has 3 N–H and O–H groups in total. The van der Waals surface area contributed by atoms with E-state index in [0.717, 1.165) is 27.1 Å². The summed E-state index contributed by atoms with van der Waals surface area (Å²) >= 11 is 1.45. The Bertz CT molecular complexity index is 908. The molecule has 2 atom stereocenters. The van der Waals surface area contributed by atoms with Gasteiger partial charge in [0, 0.05) is 10.9 Å². The van der Waals surface area contributed by atoms with Crippen molar-refractivity contribution in [2.75, 3.05) is 11.9 Å². The third kappa shape index (κ3) is 3.61. The van der Waals surface area contributed by atoms with E-state index in [-0.39, 0.29) is 0 Å². The van der Waals surface area contributed by atoms with Crippen LogP contribution in [0.15, 0.2) is 36.0 Å². The number of aliphatic hydroxyl groups is 1. The molecule has 0 fully saturated rings. The van der Waals surface area contributed by atoms with E-state index < -0.39 is 18.1 Å². The van der Waals surface area contributed by atoms with Gasteiger partial charge in [-0.3, -0.25) is 0 Å².